The first-order valence-electron chi connectivity index (χ1n) is 16.4. The minimum absolute atomic E-state index is 1.13. The fraction of sp³-hybridized carbons (Fsp3) is 0. The molecule has 0 bridgehead atoms. The zero-order chi connectivity index (χ0) is 31.6. The number of fused-ring (bicyclic) bond motifs is 10. The first-order chi connectivity index (χ1) is 23.8. The fourth-order valence-corrected chi connectivity index (χ4v) is 8.78. The third kappa shape index (κ3) is 4.24. The molecule has 224 valence electrons. The second-order valence-corrected chi connectivity index (χ2v) is 13.6. The highest BCUT2D eigenvalue weighted by Gasteiger charge is 2.20. The van der Waals surface area contributed by atoms with Crippen LogP contribution in [0, 0.1) is 0 Å². The Kier molecular flexibility index (Phi) is 6.12. The van der Waals surface area contributed by atoms with Crippen LogP contribution in [0.4, 0.5) is 17.1 Å². The van der Waals surface area contributed by atoms with Crippen molar-refractivity contribution < 1.29 is 0 Å². The van der Waals surface area contributed by atoms with Crippen molar-refractivity contribution in [1.29, 1.82) is 0 Å². The summed E-state index contributed by atoms with van der Waals surface area (Å²) in [5.41, 5.74) is 5.84. The summed E-state index contributed by atoms with van der Waals surface area (Å²) in [6.07, 6.45) is 0. The molecule has 0 saturated carbocycles. The van der Waals surface area contributed by atoms with Crippen molar-refractivity contribution in [1.82, 2.24) is 0 Å². The molecular weight excluding hydrogens is 599 g/mol. The number of benzene rings is 9. The van der Waals surface area contributed by atoms with Crippen LogP contribution in [0.3, 0.4) is 0 Å². The predicted octanol–water partition coefficient (Wildman–Crippen LogP) is 13.8. The molecule has 1 aromatic heterocycles. The molecule has 1 nitrogen and oxygen atoms in total. The van der Waals surface area contributed by atoms with Crippen molar-refractivity contribution in [3.63, 3.8) is 0 Å². The second kappa shape index (κ2) is 10.8. The molecule has 0 atom stereocenters. The predicted molar refractivity (Wildman–Crippen MR) is 209 cm³/mol. The quantitative estimate of drug-likeness (QED) is 0.176. The van der Waals surface area contributed by atoms with Crippen LogP contribution in [0.15, 0.2) is 176 Å². The van der Waals surface area contributed by atoms with Gasteiger partial charge in [0.05, 0.1) is 5.69 Å². The number of hydrogen-bond donors (Lipinski definition) is 0. The van der Waals surface area contributed by atoms with E-state index in [1.54, 1.807) is 0 Å². The molecule has 9 aromatic carbocycles. The van der Waals surface area contributed by atoms with Gasteiger partial charge in [-0.25, -0.2) is 0 Å². The van der Waals surface area contributed by atoms with Gasteiger partial charge in [-0.05, 0) is 79.8 Å². The summed E-state index contributed by atoms with van der Waals surface area (Å²) in [4.78, 5) is 2.47. The van der Waals surface area contributed by atoms with Crippen molar-refractivity contribution in [3.8, 4) is 11.1 Å². The maximum atomic E-state index is 2.47. The van der Waals surface area contributed by atoms with Crippen molar-refractivity contribution in [2.24, 2.45) is 0 Å². The molecule has 48 heavy (non-hydrogen) atoms. The van der Waals surface area contributed by atoms with Crippen LogP contribution in [0.1, 0.15) is 0 Å². The molecule has 1 heterocycles. The minimum atomic E-state index is 1.13. The van der Waals surface area contributed by atoms with Gasteiger partial charge in [-0.1, -0.05) is 140 Å². The summed E-state index contributed by atoms with van der Waals surface area (Å²) in [6, 6.07) is 64.6. The van der Waals surface area contributed by atoms with E-state index < -0.39 is 0 Å². The van der Waals surface area contributed by atoms with Gasteiger partial charge in [0.15, 0.2) is 0 Å². The summed E-state index contributed by atoms with van der Waals surface area (Å²) in [5.74, 6) is 0. The topological polar surface area (TPSA) is 3.24 Å². The van der Waals surface area contributed by atoms with Crippen LogP contribution in [0.5, 0.6) is 0 Å². The summed E-state index contributed by atoms with van der Waals surface area (Å²) in [7, 11) is 0. The van der Waals surface area contributed by atoms with Crippen LogP contribution >= 0.6 is 11.3 Å². The average molecular weight is 628 g/mol. The molecule has 0 spiro atoms. The van der Waals surface area contributed by atoms with Crippen LogP contribution in [0.25, 0.3) is 74.4 Å². The lowest BCUT2D eigenvalue weighted by Crippen LogP contribution is -2.11. The highest BCUT2D eigenvalue weighted by molar-refractivity contribution is 7.26. The molecule has 0 saturated heterocycles. The van der Waals surface area contributed by atoms with Gasteiger partial charge < -0.3 is 4.90 Å². The monoisotopic (exact) mass is 627 g/mol. The highest BCUT2D eigenvalue weighted by atomic mass is 32.1. The zero-order valence-electron chi connectivity index (χ0n) is 26.1. The maximum Gasteiger partial charge on any atom is 0.0546 e. The molecule has 0 aliphatic carbocycles. The molecule has 0 radical (unpaired) electrons. The third-order valence-corrected chi connectivity index (χ3v) is 11.0. The Hall–Kier alpha value is -5.96. The summed E-state index contributed by atoms with van der Waals surface area (Å²) < 4.78 is 2.66. The Labute approximate surface area is 282 Å². The summed E-state index contributed by atoms with van der Waals surface area (Å²) in [6.45, 7) is 0. The number of rotatable bonds is 4. The van der Waals surface area contributed by atoms with Gasteiger partial charge in [-0.15, -0.1) is 11.3 Å². The van der Waals surface area contributed by atoms with E-state index in [9.17, 15) is 0 Å². The van der Waals surface area contributed by atoms with Gasteiger partial charge in [-0.3, -0.25) is 0 Å². The van der Waals surface area contributed by atoms with Crippen LogP contribution in [-0.4, -0.2) is 0 Å². The number of thiophene rings is 1. The Balaban J connectivity index is 1.31. The molecular formula is C46H29NS. The summed E-state index contributed by atoms with van der Waals surface area (Å²) >= 11 is 1.89. The fourth-order valence-electron chi connectivity index (χ4n) is 7.55. The second-order valence-electron chi connectivity index (χ2n) is 12.5. The van der Waals surface area contributed by atoms with Crippen molar-refractivity contribution in [3.05, 3.63) is 176 Å². The van der Waals surface area contributed by atoms with Gasteiger partial charge in [0, 0.05) is 42.3 Å². The Bertz CT molecular complexity index is 2840. The van der Waals surface area contributed by atoms with E-state index >= 15 is 0 Å². The lowest BCUT2D eigenvalue weighted by Gasteiger charge is -2.28. The van der Waals surface area contributed by atoms with E-state index in [0.29, 0.717) is 0 Å². The minimum Gasteiger partial charge on any atom is -0.310 e. The van der Waals surface area contributed by atoms with Gasteiger partial charge in [0.1, 0.15) is 0 Å². The third-order valence-electron chi connectivity index (χ3n) is 9.78. The van der Waals surface area contributed by atoms with Crippen LogP contribution in [-0.2, 0) is 0 Å². The standard InChI is InChI=1S/C46H29NS/c1-2-10-30(11-3-1)35-14-8-15-36(28-35)47(37-26-24-32-25-27-40-39-17-6-7-19-43(39)48-46(40)41(32)29-37)42-18-9-13-33-22-23-34-21-20-31-12-4-5-16-38(31)44(34)45(33)42/h1-29H. The Morgan fingerprint density at radius 3 is 1.88 bits per heavy atom. The molecule has 2 heteroatoms. The molecule has 10 rings (SSSR count). The van der Waals surface area contributed by atoms with Crippen molar-refractivity contribution in [2.45, 2.75) is 0 Å². The average Bonchev–Trinajstić information content (AvgIpc) is 3.54. The Morgan fingerprint density at radius 1 is 0.354 bits per heavy atom. The first kappa shape index (κ1) is 27.2. The SMILES string of the molecule is c1ccc(-c2cccc(N(c3ccc4ccc5c6ccccc6sc5c4c3)c3cccc4ccc5ccc6ccccc6c5c34)c2)cc1. The lowest BCUT2D eigenvalue weighted by atomic mass is 9.94. The number of hydrogen-bond acceptors (Lipinski definition) is 2. The lowest BCUT2D eigenvalue weighted by molar-refractivity contribution is 1.31. The van der Waals surface area contributed by atoms with Crippen LogP contribution in [0.2, 0.25) is 0 Å². The van der Waals surface area contributed by atoms with E-state index in [1.807, 2.05) is 11.3 Å². The molecule has 0 amide bonds. The zero-order valence-corrected chi connectivity index (χ0v) is 26.9. The van der Waals surface area contributed by atoms with Crippen molar-refractivity contribution in [2.75, 3.05) is 4.90 Å². The van der Waals surface area contributed by atoms with Gasteiger partial charge >= 0.3 is 0 Å². The normalized spacial score (nSPS) is 11.8. The number of nitrogens with zero attached hydrogens (tertiary/aromatic N) is 1. The molecule has 0 aliphatic heterocycles. The smallest absolute Gasteiger partial charge is 0.0546 e. The molecule has 0 aliphatic rings. The molecule has 10 aromatic rings. The number of anilines is 3. The largest absolute Gasteiger partial charge is 0.310 e. The van der Waals surface area contributed by atoms with E-state index in [-0.39, 0.29) is 0 Å². The Morgan fingerprint density at radius 2 is 0.979 bits per heavy atom. The van der Waals surface area contributed by atoms with E-state index in [1.165, 1.54) is 80.1 Å². The van der Waals surface area contributed by atoms with Crippen molar-refractivity contribution >= 4 is 91.7 Å². The van der Waals surface area contributed by atoms with Gasteiger partial charge in [0.25, 0.3) is 0 Å². The van der Waals surface area contributed by atoms with Gasteiger partial charge in [0.2, 0.25) is 0 Å². The summed E-state index contributed by atoms with van der Waals surface area (Å²) in [5, 5.41) is 12.7. The molecule has 0 unspecified atom stereocenters. The van der Waals surface area contributed by atoms with Crippen LogP contribution < -0.4 is 4.90 Å². The highest BCUT2D eigenvalue weighted by Crippen LogP contribution is 2.46. The van der Waals surface area contributed by atoms with E-state index in [2.05, 4.69) is 181 Å². The van der Waals surface area contributed by atoms with Gasteiger partial charge in [-0.2, -0.15) is 0 Å². The molecule has 0 fully saturated rings. The van der Waals surface area contributed by atoms with E-state index in [4.69, 9.17) is 0 Å². The first-order valence-corrected chi connectivity index (χ1v) is 17.2. The van der Waals surface area contributed by atoms with E-state index in [0.717, 1.165) is 11.4 Å². The maximum absolute atomic E-state index is 2.47. The molecule has 0 N–H and O–H groups in total.